The van der Waals surface area contributed by atoms with Gasteiger partial charge in [0.05, 0.1) is 0 Å². The predicted octanol–water partition coefficient (Wildman–Crippen LogP) is 0.000800. The molecule has 0 aromatic heterocycles. The SMILES string of the molecule is CN(C)C.O=C(O)[C@@H]1CCCN1. The van der Waals surface area contributed by atoms with Gasteiger partial charge < -0.3 is 15.3 Å². The molecule has 1 saturated heterocycles. The molecule has 0 aliphatic carbocycles. The van der Waals surface area contributed by atoms with Crippen LogP contribution in [-0.4, -0.2) is 49.7 Å². The number of aliphatic carboxylic acids is 1. The highest BCUT2D eigenvalue weighted by Gasteiger charge is 2.20. The topological polar surface area (TPSA) is 52.6 Å². The van der Waals surface area contributed by atoms with Crippen LogP contribution in [0.15, 0.2) is 0 Å². The van der Waals surface area contributed by atoms with Crippen LogP contribution in [0.25, 0.3) is 0 Å². The first kappa shape index (κ1) is 11.4. The summed E-state index contributed by atoms with van der Waals surface area (Å²) in [6, 6.07) is -0.269. The molecule has 72 valence electrons. The number of nitrogens with zero attached hydrogens (tertiary/aromatic N) is 1. The van der Waals surface area contributed by atoms with Gasteiger partial charge in [-0.25, -0.2) is 0 Å². The number of nitrogens with one attached hydrogen (secondary N) is 1. The second kappa shape index (κ2) is 5.97. The van der Waals surface area contributed by atoms with Gasteiger partial charge in [-0.1, -0.05) is 0 Å². The van der Waals surface area contributed by atoms with Crippen LogP contribution in [0.1, 0.15) is 12.8 Å². The highest BCUT2D eigenvalue weighted by atomic mass is 16.4. The van der Waals surface area contributed by atoms with Crippen molar-refractivity contribution in [3.8, 4) is 0 Å². The van der Waals surface area contributed by atoms with E-state index in [1.54, 1.807) is 0 Å². The zero-order valence-electron chi connectivity index (χ0n) is 8.00. The fraction of sp³-hybridized carbons (Fsp3) is 0.875. The quantitative estimate of drug-likeness (QED) is 0.587. The first-order valence-corrected chi connectivity index (χ1v) is 4.11. The van der Waals surface area contributed by atoms with Gasteiger partial charge in [-0.3, -0.25) is 4.79 Å². The maximum atomic E-state index is 10.1. The lowest BCUT2D eigenvalue weighted by Crippen LogP contribution is -2.29. The highest BCUT2D eigenvalue weighted by Crippen LogP contribution is 2.03. The van der Waals surface area contributed by atoms with Crippen molar-refractivity contribution in [3.63, 3.8) is 0 Å². The van der Waals surface area contributed by atoms with Crippen molar-refractivity contribution in [2.75, 3.05) is 27.7 Å². The minimum Gasteiger partial charge on any atom is -0.480 e. The molecule has 1 aliphatic heterocycles. The van der Waals surface area contributed by atoms with Crippen molar-refractivity contribution >= 4 is 5.97 Å². The van der Waals surface area contributed by atoms with Crippen LogP contribution in [0, 0.1) is 0 Å². The Hall–Kier alpha value is -0.610. The number of carboxylic acids is 1. The molecule has 4 nitrogen and oxygen atoms in total. The minimum atomic E-state index is -0.720. The van der Waals surface area contributed by atoms with Crippen LogP contribution in [0.3, 0.4) is 0 Å². The molecular weight excluding hydrogens is 156 g/mol. The van der Waals surface area contributed by atoms with Gasteiger partial charge in [0.2, 0.25) is 0 Å². The number of hydrogen-bond donors (Lipinski definition) is 2. The number of rotatable bonds is 1. The molecule has 0 unspecified atom stereocenters. The summed E-state index contributed by atoms with van der Waals surface area (Å²) in [4.78, 5) is 12.1. The van der Waals surface area contributed by atoms with Gasteiger partial charge in [0.1, 0.15) is 6.04 Å². The largest absolute Gasteiger partial charge is 0.480 e. The molecule has 1 heterocycles. The molecule has 0 aromatic carbocycles. The fourth-order valence-corrected chi connectivity index (χ4v) is 0.895. The van der Waals surface area contributed by atoms with E-state index in [0.717, 1.165) is 19.4 Å². The molecule has 0 aromatic rings. The first-order chi connectivity index (χ1) is 5.54. The summed E-state index contributed by atoms with van der Waals surface area (Å²) in [5.41, 5.74) is 0. The summed E-state index contributed by atoms with van der Waals surface area (Å²) in [5, 5.41) is 11.2. The molecule has 1 aliphatic rings. The van der Waals surface area contributed by atoms with Gasteiger partial charge >= 0.3 is 5.97 Å². The summed E-state index contributed by atoms with van der Waals surface area (Å²) in [6.45, 7) is 0.858. The Balaban J connectivity index is 0.000000261. The second-order valence-corrected chi connectivity index (χ2v) is 3.33. The molecule has 1 fully saturated rings. The number of carbonyl (C=O) groups is 1. The van der Waals surface area contributed by atoms with E-state index in [2.05, 4.69) is 5.32 Å². The smallest absolute Gasteiger partial charge is 0.320 e. The molecule has 1 rings (SSSR count). The van der Waals surface area contributed by atoms with Crippen molar-refractivity contribution in [3.05, 3.63) is 0 Å². The second-order valence-electron chi connectivity index (χ2n) is 3.33. The summed E-state index contributed by atoms with van der Waals surface area (Å²) >= 11 is 0. The number of carboxylic acid groups (broad SMARTS) is 1. The van der Waals surface area contributed by atoms with Gasteiger partial charge in [-0.2, -0.15) is 0 Å². The average Bonchev–Trinajstić information content (AvgIpc) is 2.34. The van der Waals surface area contributed by atoms with Crippen LogP contribution in [0.5, 0.6) is 0 Å². The number of hydrogen-bond acceptors (Lipinski definition) is 3. The monoisotopic (exact) mass is 174 g/mol. The van der Waals surface area contributed by atoms with Gasteiger partial charge in [0.25, 0.3) is 0 Å². The van der Waals surface area contributed by atoms with Crippen LogP contribution in [0.2, 0.25) is 0 Å². The third-order valence-electron chi connectivity index (χ3n) is 1.36. The zero-order valence-corrected chi connectivity index (χ0v) is 8.00. The third-order valence-corrected chi connectivity index (χ3v) is 1.36. The van der Waals surface area contributed by atoms with Gasteiger partial charge in [0, 0.05) is 0 Å². The van der Waals surface area contributed by atoms with Crippen LogP contribution in [0.4, 0.5) is 0 Å². The molecule has 1 atom stereocenters. The van der Waals surface area contributed by atoms with Gasteiger partial charge in [-0.05, 0) is 40.5 Å². The Labute approximate surface area is 73.6 Å². The standard InChI is InChI=1S/C5H9NO2.C3H9N/c7-5(8)4-2-1-3-6-4;1-4(2)3/h4,6H,1-3H2,(H,7,8);1-3H3/t4-;/m0./s1. The molecule has 0 amide bonds. The van der Waals surface area contributed by atoms with E-state index < -0.39 is 5.97 Å². The Morgan fingerprint density at radius 1 is 1.50 bits per heavy atom. The summed E-state index contributed by atoms with van der Waals surface area (Å²) in [6.07, 6.45) is 1.78. The zero-order chi connectivity index (χ0) is 9.56. The molecule has 0 spiro atoms. The minimum absolute atomic E-state index is 0.269. The Kier molecular flexibility index (Phi) is 5.66. The van der Waals surface area contributed by atoms with Crippen molar-refractivity contribution in [1.29, 1.82) is 0 Å². The van der Waals surface area contributed by atoms with E-state index in [1.807, 2.05) is 26.0 Å². The molecule has 2 N–H and O–H groups in total. The van der Waals surface area contributed by atoms with Crippen molar-refractivity contribution in [2.24, 2.45) is 0 Å². The maximum Gasteiger partial charge on any atom is 0.320 e. The van der Waals surface area contributed by atoms with Gasteiger partial charge in [-0.15, -0.1) is 0 Å². The molecule has 0 bridgehead atoms. The first-order valence-electron chi connectivity index (χ1n) is 4.11. The maximum absolute atomic E-state index is 10.1. The third kappa shape index (κ3) is 6.12. The Bertz CT molecular complexity index is 128. The van der Waals surface area contributed by atoms with Crippen molar-refractivity contribution in [1.82, 2.24) is 10.2 Å². The molecule has 4 heteroatoms. The van der Waals surface area contributed by atoms with Crippen molar-refractivity contribution in [2.45, 2.75) is 18.9 Å². The van der Waals surface area contributed by atoms with Crippen LogP contribution < -0.4 is 5.32 Å². The van der Waals surface area contributed by atoms with E-state index >= 15 is 0 Å². The van der Waals surface area contributed by atoms with E-state index in [0.29, 0.717) is 0 Å². The molecule has 0 radical (unpaired) electrons. The summed E-state index contributed by atoms with van der Waals surface area (Å²) in [7, 11) is 6.00. The van der Waals surface area contributed by atoms with E-state index in [-0.39, 0.29) is 6.04 Å². The lowest BCUT2D eigenvalue weighted by Gasteiger charge is -1.99. The van der Waals surface area contributed by atoms with E-state index in [4.69, 9.17) is 5.11 Å². The Morgan fingerprint density at radius 3 is 2.17 bits per heavy atom. The lowest BCUT2D eigenvalue weighted by atomic mass is 10.2. The predicted molar refractivity (Wildman–Crippen MR) is 48.3 cm³/mol. The van der Waals surface area contributed by atoms with Gasteiger partial charge in [0.15, 0.2) is 0 Å². The Morgan fingerprint density at radius 2 is 2.00 bits per heavy atom. The molecule has 12 heavy (non-hydrogen) atoms. The van der Waals surface area contributed by atoms with Crippen molar-refractivity contribution < 1.29 is 9.90 Å². The molecule has 0 saturated carbocycles. The highest BCUT2D eigenvalue weighted by molar-refractivity contribution is 5.73. The summed E-state index contributed by atoms with van der Waals surface area (Å²) < 4.78 is 0. The normalized spacial score (nSPS) is 21.8. The fourth-order valence-electron chi connectivity index (χ4n) is 0.895. The van der Waals surface area contributed by atoms with E-state index in [1.165, 1.54) is 0 Å². The molecular formula is C8H18N2O2. The average molecular weight is 174 g/mol. The summed E-state index contributed by atoms with van der Waals surface area (Å²) in [5.74, 6) is -0.720. The van der Waals surface area contributed by atoms with E-state index in [9.17, 15) is 4.79 Å². The lowest BCUT2D eigenvalue weighted by molar-refractivity contribution is -0.139. The van der Waals surface area contributed by atoms with Crippen LogP contribution >= 0.6 is 0 Å². The van der Waals surface area contributed by atoms with Crippen LogP contribution in [-0.2, 0) is 4.79 Å².